The van der Waals surface area contributed by atoms with Crippen molar-refractivity contribution in [3.8, 4) is 0 Å². The van der Waals surface area contributed by atoms with Gasteiger partial charge in [0, 0.05) is 12.5 Å². The van der Waals surface area contributed by atoms with Crippen LogP contribution in [-0.2, 0) is 14.3 Å². The number of ether oxygens (including phenoxy) is 2. The van der Waals surface area contributed by atoms with Crippen LogP contribution >= 0.6 is 0 Å². The maximum Gasteiger partial charge on any atom is 0.411 e. The third-order valence-corrected chi connectivity index (χ3v) is 3.78. The largest absolute Gasteiger partial charge is 0.464 e. The van der Waals surface area contributed by atoms with Gasteiger partial charge < -0.3 is 9.47 Å². The van der Waals surface area contributed by atoms with Crippen molar-refractivity contribution >= 4 is 12.1 Å². The van der Waals surface area contributed by atoms with E-state index in [9.17, 15) is 18.4 Å². The van der Waals surface area contributed by atoms with Crippen LogP contribution in [0.1, 0.15) is 40.5 Å². The molecule has 2 bridgehead atoms. The molecule has 1 amide bonds. The van der Waals surface area contributed by atoms with Crippen LogP contribution in [0.5, 0.6) is 0 Å². The average molecular weight is 305 g/mol. The first-order valence-corrected chi connectivity index (χ1v) is 7.12. The standard InChI is InChI=1S/C14H21F2NO4/c1-5-20-11(18)10-9-6-8(7-14(9,15)16)17(10)12(19)21-13(2,3)4/h8-10H,5-7H2,1-4H3/t8-,9-,10-/m0/s1. The van der Waals surface area contributed by atoms with Gasteiger partial charge in [-0.15, -0.1) is 0 Å². The molecule has 120 valence electrons. The predicted molar refractivity (Wildman–Crippen MR) is 70.0 cm³/mol. The number of hydrogen-bond donors (Lipinski definition) is 0. The number of nitrogens with zero attached hydrogens (tertiary/aromatic N) is 1. The molecule has 0 radical (unpaired) electrons. The van der Waals surface area contributed by atoms with E-state index in [-0.39, 0.29) is 13.0 Å². The van der Waals surface area contributed by atoms with Gasteiger partial charge >= 0.3 is 12.1 Å². The number of alkyl halides is 2. The number of halogens is 2. The lowest BCUT2D eigenvalue weighted by molar-refractivity contribution is -0.161. The number of fused-ring (bicyclic) bond motifs is 2. The third-order valence-electron chi connectivity index (χ3n) is 3.78. The highest BCUT2D eigenvalue weighted by molar-refractivity contribution is 5.83. The van der Waals surface area contributed by atoms with Crippen LogP contribution in [0.15, 0.2) is 0 Å². The molecule has 1 saturated heterocycles. The number of likely N-dealkylation sites (tertiary alicyclic amines) is 1. The van der Waals surface area contributed by atoms with E-state index in [2.05, 4.69) is 0 Å². The summed E-state index contributed by atoms with van der Waals surface area (Å²) in [7, 11) is 0. The van der Waals surface area contributed by atoms with Gasteiger partial charge in [0.2, 0.25) is 0 Å². The molecule has 0 aromatic carbocycles. The molecule has 1 aliphatic carbocycles. The smallest absolute Gasteiger partial charge is 0.411 e. The molecular formula is C14H21F2NO4. The fourth-order valence-corrected chi connectivity index (χ4v) is 3.09. The summed E-state index contributed by atoms with van der Waals surface area (Å²) in [6, 6.07) is -1.93. The van der Waals surface area contributed by atoms with Gasteiger partial charge in [0.1, 0.15) is 11.6 Å². The number of esters is 1. The molecule has 0 spiro atoms. The van der Waals surface area contributed by atoms with Gasteiger partial charge in [-0.25, -0.2) is 18.4 Å². The van der Waals surface area contributed by atoms with Crippen LogP contribution in [-0.4, -0.2) is 47.2 Å². The van der Waals surface area contributed by atoms with E-state index in [1.165, 1.54) is 0 Å². The van der Waals surface area contributed by atoms with Gasteiger partial charge in [0.15, 0.2) is 0 Å². The van der Waals surface area contributed by atoms with Gasteiger partial charge in [0.25, 0.3) is 5.92 Å². The molecule has 3 atom stereocenters. The normalized spacial score (nSPS) is 30.4. The summed E-state index contributed by atoms with van der Waals surface area (Å²) in [5.41, 5.74) is -0.749. The van der Waals surface area contributed by atoms with Gasteiger partial charge in [-0.2, -0.15) is 0 Å². The average Bonchev–Trinajstić information content (AvgIpc) is 2.79. The molecule has 1 aliphatic heterocycles. The summed E-state index contributed by atoms with van der Waals surface area (Å²) >= 11 is 0. The lowest BCUT2D eigenvalue weighted by Crippen LogP contribution is -2.56. The molecule has 5 nitrogen and oxygen atoms in total. The zero-order valence-electron chi connectivity index (χ0n) is 12.7. The second-order valence-corrected chi connectivity index (χ2v) is 6.55. The number of rotatable bonds is 2. The van der Waals surface area contributed by atoms with Crippen LogP contribution in [0.2, 0.25) is 0 Å². The number of amides is 1. The Morgan fingerprint density at radius 2 is 1.95 bits per heavy atom. The van der Waals surface area contributed by atoms with Gasteiger partial charge in [-0.05, 0) is 34.1 Å². The Bertz CT molecular complexity index is 447. The fraction of sp³-hybridized carbons (Fsp3) is 0.857. The number of carbonyl (C=O) groups is 2. The summed E-state index contributed by atoms with van der Waals surface area (Å²) in [5, 5.41) is 0. The van der Waals surface area contributed by atoms with E-state index in [0.29, 0.717) is 0 Å². The Labute approximate surface area is 122 Å². The molecule has 0 unspecified atom stereocenters. The number of hydrogen-bond acceptors (Lipinski definition) is 4. The Hall–Kier alpha value is -1.40. The Kier molecular flexibility index (Phi) is 3.88. The minimum absolute atomic E-state index is 0.0838. The summed E-state index contributed by atoms with van der Waals surface area (Å²) in [5.74, 6) is -4.91. The molecule has 2 rings (SSSR count). The first kappa shape index (κ1) is 16.0. The first-order chi connectivity index (χ1) is 9.57. The van der Waals surface area contributed by atoms with Crippen molar-refractivity contribution in [3.05, 3.63) is 0 Å². The lowest BCUT2D eigenvalue weighted by atomic mass is 9.95. The molecule has 0 aromatic rings. The zero-order chi connectivity index (χ0) is 16.0. The first-order valence-electron chi connectivity index (χ1n) is 7.12. The van der Waals surface area contributed by atoms with Crippen molar-refractivity contribution in [1.82, 2.24) is 4.90 Å². The Morgan fingerprint density at radius 1 is 1.33 bits per heavy atom. The van der Waals surface area contributed by atoms with Crippen molar-refractivity contribution < 1.29 is 27.8 Å². The molecule has 1 heterocycles. The second-order valence-electron chi connectivity index (χ2n) is 6.55. The van der Waals surface area contributed by atoms with Crippen molar-refractivity contribution in [2.75, 3.05) is 6.61 Å². The van der Waals surface area contributed by atoms with Crippen LogP contribution < -0.4 is 0 Å². The quantitative estimate of drug-likeness (QED) is 0.736. The van der Waals surface area contributed by atoms with Crippen LogP contribution in [0.3, 0.4) is 0 Å². The molecular weight excluding hydrogens is 284 g/mol. The monoisotopic (exact) mass is 305 g/mol. The highest BCUT2D eigenvalue weighted by Gasteiger charge is 2.65. The summed E-state index contributed by atoms with van der Waals surface area (Å²) in [6.07, 6.45) is -1.05. The van der Waals surface area contributed by atoms with E-state index in [4.69, 9.17) is 9.47 Å². The molecule has 1 saturated carbocycles. The van der Waals surface area contributed by atoms with Crippen molar-refractivity contribution in [2.24, 2.45) is 5.92 Å². The summed E-state index contributed by atoms with van der Waals surface area (Å²) in [4.78, 5) is 25.4. The topological polar surface area (TPSA) is 55.8 Å². The van der Waals surface area contributed by atoms with Crippen molar-refractivity contribution in [1.29, 1.82) is 0 Å². The molecule has 0 N–H and O–H groups in total. The van der Waals surface area contributed by atoms with Crippen LogP contribution in [0.25, 0.3) is 0 Å². The molecule has 21 heavy (non-hydrogen) atoms. The van der Waals surface area contributed by atoms with Crippen molar-refractivity contribution in [3.63, 3.8) is 0 Å². The predicted octanol–water partition coefficient (Wildman–Crippen LogP) is 2.58. The summed E-state index contributed by atoms with van der Waals surface area (Å²) < 4.78 is 37.9. The number of piperidine rings is 1. The Balaban J connectivity index is 2.23. The lowest BCUT2D eigenvalue weighted by Gasteiger charge is -2.37. The van der Waals surface area contributed by atoms with E-state index < -0.39 is 48.0 Å². The van der Waals surface area contributed by atoms with E-state index in [1.807, 2.05) is 0 Å². The van der Waals surface area contributed by atoms with E-state index in [1.54, 1.807) is 27.7 Å². The highest BCUT2D eigenvalue weighted by Crippen LogP contribution is 2.52. The molecule has 2 fully saturated rings. The third kappa shape index (κ3) is 2.96. The fourth-order valence-electron chi connectivity index (χ4n) is 3.09. The van der Waals surface area contributed by atoms with Crippen molar-refractivity contribution in [2.45, 2.75) is 64.1 Å². The van der Waals surface area contributed by atoms with Gasteiger partial charge in [-0.1, -0.05) is 0 Å². The van der Waals surface area contributed by atoms with Gasteiger partial charge in [0.05, 0.1) is 12.5 Å². The Morgan fingerprint density at radius 3 is 2.48 bits per heavy atom. The maximum absolute atomic E-state index is 13.9. The van der Waals surface area contributed by atoms with Crippen LogP contribution in [0, 0.1) is 5.92 Å². The van der Waals surface area contributed by atoms with Crippen LogP contribution in [0.4, 0.5) is 13.6 Å². The van der Waals surface area contributed by atoms with E-state index in [0.717, 1.165) is 4.90 Å². The second kappa shape index (κ2) is 5.10. The molecule has 7 heteroatoms. The van der Waals surface area contributed by atoms with Gasteiger partial charge in [-0.3, -0.25) is 4.90 Å². The maximum atomic E-state index is 13.9. The summed E-state index contributed by atoms with van der Waals surface area (Å²) in [6.45, 7) is 6.75. The zero-order valence-corrected chi connectivity index (χ0v) is 12.7. The molecule has 0 aromatic heterocycles. The minimum atomic E-state index is -2.94. The number of carbonyl (C=O) groups excluding carboxylic acids is 2. The SMILES string of the molecule is CCOC(=O)[C@@H]1[C@@H]2C[C@@H](CC2(F)F)N1C(=O)OC(C)(C)C. The molecule has 2 aliphatic rings. The van der Waals surface area contributed by atoms with E-state index >= 15 is 0 Å². The highest BCUT2D eigenvalue weighted by atomic mass is 19.3. The minimum Gasteiger partial charge on any atom is -0.464 e.